The molecule has 1 aromatic rings. The molecule has 4 heteroatoms. The molecular weight excluding hydrogens is 198 g/mol. The molecule has 0 fully saturated rings. The highest BCUT2D eigenvalue weighted by Gasteiger charge is 2.02. The molecule has 0 aliphatic rings. The van der Waals surface area contributed by atoms with E-state index in [1.54, 1.807) is 0 Å². The van der Waals surface area contributed by atoms with Crippen molar-refractivity contribution in [2.24, 2.45) is 10.7 Å². The highest BCUT2D eigenvalue weighted by molar-refractivity contribution is 5.80. The van der Waals surface area contributed by atoms with Crippen molar-refractivity contribution < 1.29 is 8.78 Å². The van der Waals surface area contributed by atoms with Crippen LogP contribution in [-0.4, -0.2) is 5.84 Å². The van der Waals surface area contributed by atoms with E-state index in [0.29, 0.717) is 12.3 Å². The first-order valence-electron chi connectivity index (χ1n) is 4.86. The molecule has 15 heavy (non-hydrogen) atoms. The van der Waals surface area contributed by atoms with Crippen LogP contribution in [0.25, 0.3) is 0 Å². The Hall–Kier alpha value is -1.45. The molecule has 2 nitrogen and oxygen atoms in total. The number of hydrogen-bond donors (Lipinski definition) is 1. The van der Waals surface area contributed by atoms with Gasteiger partial charge in [0, 0.05) is 12.0 Å². The van der Waals surface area contributed by atoms with Crippen molar-refractivity contribution in [3.8, 4) is 0 Å². The standard InChI is InChI=1S/C11H14F2N2/c1-2-3-11(14)15-7-8-6-9(12)4-5-10(8)13/h4-6H,2-3,7H2,1H3,(H2,14,15). The van der Waals surface area contributed by atoms with E-state index >= 15 is 0 Å². The molecule has 0 spiro atoms. The molecule has 0 aromatic heterocycles. The van der Waals surface area contributed by atoms with Gasteiger partial charge in [-0.1, -0.05) is 6.92 Å². The van der Waals surface area contributed by atoms with Crippen molar-refractivity contribution in [3.05, 3.63) is 35.4 Å². The summed E-state index contributed by atoms with van der Waals surface area (Å²) in [6.07, 6.45) is 1.57. The zero-order valence-electron chi connectivity index (χ0n) is 8.63. The maximum Gasteiger partial charge on any atom is 0.128 e. The van der Waals surface area contributed by atoms with Gasteiger partial charge in [0.15, 0.2) is 0 Å². The molecular formula is C11H14F2N2. The minimum atomic E-state index is -0.462. The van der Waals surface area contributed by atoms with Gasteiger partial charge < -0.3 is 5.73 Å². The second-order valence-electron chi connectivity index (χ2n) is 3.29. The Labute approximate surface area is 87.8 Å². The van der Waals surface area contributed by atoms with Gasteiger partial charge in [-0.15, -0.1) is 0 Å². The third-order valence-electron chi connectivity index (χ3n) is 1.97. The maximum atomic E-state index is 13.1. The van der Waals surface area contributed by atoms with Crippen molar-refractivity contribution in [1.82, 2.24) is 0 Å². The Morgan fingerprint density at radius 3 is 2.80 bits per heavy atom. The van der Waals surface area contributed by atoms with Gasteiger partial charge >= 0.3 is 0 Å². The van der Waals surface area contributed by atoms with E-state index in [1.807, 2.05) is 6.92 Å². The minimum absolute atomic E-state index is 0.0927. The number of halogens is 2. The predicted octanol–water partition coefficient (Wildman–Crippen LogP) is 2.62. The van der Waals surface area contributed by atoms with E-state index in [9.17, 15) is 8.78 Å². The maximum absolute atomic E-state index is 13.1. The summed E-state index contributed by atoms with van der Waals surface area (Å²) in [7, 11) is 0. The Balaban J connectivity index is 2.72. The number of amidine groups is 1. The van der Waals surface area contributed by atoms with E-state index in [0.717, 1.165) is 24.6 Å². The summed E-state index contributed by atoms with van der Waals surface area (Å²) in [5.74, 6) is -0.443. The second kappa shape index (κ2) is 5.44. The van der Waals surface area contributed by atoms with Crippen LogP contribution in [0.4, 0.5) is 8.78 Å². The molecule has 0 amide bonds. The van der Waals surface area contributed by atoms with Gasteiger partial charge in [0.05, 0.1) is 12.4 Å². The summed E-state index contributed by atoms with van der Waals surface area (Å²) >= 11 is 0. The summed E-state index contributed by atoms with van der Waals surface area (Å²) in [4.78, 5) is 3.97. The van der Waals surface area contributed by atoms with Crippen LogP contribution in [0.1, 0.15) is 25.3 Å². The zero-order chi connectivity index (χ0) is 11.3. The smallest absolute Gasteiger partial charge is 0.128 e. The molecule has 0 aliphatic carbocycles. The van der Waals surface area contributed by atoms with Crippen LogP contribution in [0.2, 0.25) is 0 Å². The van der Waals surface area contributed by atoms with Crippen LogP contribution in [0, 0.1) is 11.6 Å². The molecule has 0 bridgehead atoms. The zero-order valence-corrected chi connectivity index (χ0v) is 8.63. The number of aliphatic imine (C=N–C) groups is 1. The number of rotatable bonds is 4. The van der Waals surface area contributed by atoms with E-state index in [2.05, 4.69) is 4.99 Å². The lowest BCUT2D eigenvalue weighted by Gasteiger charge is -2.01. The number of nitrogens with zero attached hydrogens (tertiary/aromatic N) is 1. The summed E-state index contributed by atoms with van der Waals surface area (Å²) in [6.45, 7) is 2.07. The highest BCUT2D eigenvalue weighted by atomic mass is 19.1. The van der Waals surface area contributed by atoms with Crippen LogP contribution in [0.5, 0.6) is 0 Å². The van der Waals surface area contributed by atoms with Gasteiger partial charge in [-0.3, -0.25) is 4.99 Å². The molecule has 0 aliphatic heterocycles. The molecule has 0 radical (unpaired) electrons. The van der Waals surface area contributed by atoms with Gasteiger partial charge in [0.1, 0.15) is 11.6 Å². The van der Waals surface area contributed by atoms with Gasteiger partial charge in [0.25, 0.3) is 0 Å². The quantitative estimate of drug-likeness (QED) is 0.604. The van der Waals surface area contributed by atoms with Crippen molar-refractivity contribution in [1.29, 1.82) is 0 Å². The molecule has 0 saturated heterocycles. The number of nitrogens with two attached hydrogens (primary N) is 1. The average molecular weight is 212 g/mol. The van der Waals surface area contributed by atoms with Crippen LogP contribution >= 0.6 is 0 Å². The Kier molecular flexibility index (Phi) is 4.21. The fourth-order valence-electron chi connectivity index (χ4n) is 1.19. The molecule has 2 N–H and O–H groups in total. The summed E-state index contributed by atoms with van der Waals surface area (Å²) < 4.78 is 25.9. The SMILES string of the molecule is CCCC(N)=NCc1cc(F)ccc1F. The summed E-state index contributed by atoms with van der Waals surface area (Å²) in [5, 5.41) is 0. The third kappa shape index (κ3) is 3.65. The van der Waals surface area contributed by atoms with Gasteiger partial charge in [0.2, 0.25) is 0 Å². The molecule has 0 unspecified atom stereocenters. The lowest BCUT2D eigenvalue weighted by Crippen LogP contribution is -2.11. The molecule has 1 aromatic carbocycles. The molecule has 82 valence electrons. The van der Waals surface area contributed by atoms with Crippen LogP contribution in [-0.2, 0) is 6.54 Å². The summed E-state index contributed by atoms with van der Waals surface area (Å²) in [5.41, 5.74) is 5.78. The largest absolute Gasteiger partial charge is 0.387 e. The molecule has 0 heterocycles. The van der Waals surface area contributed by atoms with E-state index < -0.39 is 11.6 Å². The minimum Gasteiger partial charge on any atom is -0.387 e. The van der Waals surface area contributed by atoms with Gasteiger partial charge in [-0.25, -0.2) is 8.78 Å². The first-order valence-corrected chi connectivity index (χ1v) is 4.86. The van der Waals surface area contributed by atoms with Crippen molar-refractivity contribution >= 4 is 5.84 Å². The third-order valence-corrected chi connectivity index (χ3v) is 1.97. The van der Waals surface area contributed by atoms with Crippen LogP contribution in [0.3, 0.4) is 0 Å². The Bertz CT molecular complexity index is 362. The Morgan fingerprint density at radius 1 is 1.40 bits per heavy atom. The van der Waals surface area contributed by atoms with Crippen molar-refractivity contribution in [2.45, 2.75) is 26.3 Å². The van der Waals surface area contributed by atoms with E-state index in [4.69, 9.17) is 5.73 Å². The van der Waals surface area contributed by atoms with E-state index in [-0.39, 0.29) is 12.1 Å². The number of hydrogen-bond acceptors (Lipinski definition) is 1. The number of benzene rings is 1. The van der Waals surface area contributed by atoms with Gasteiger partial charge in [-0.2, -0.15) is 0 Å². The Morgan fingerprint density at radius 2 is 2.13 bits per heavy atom. The van der Waals surface area contributed by atoms with Gasteiger partial charge in [-0.05, 0) is 24.6 Å². The lowest BCUT2D eigenvalue weighted by molar-refractivity contribution is 0.586. The average Bonchev–Trinajstić information content (AvgIpc) is 2.20. The molecule has 0 saturated carbocycles. The molecule has 0 atom stereocenters. The van der Waals surface area contributed by atoms with Crippen molar-refractivity contribution in [2.75, 3.05) is 0 Å². The highest BCUT2D eigenvalue weighted by Crippen LogP contribution is 2.10. The van der Waals surface area contributed by atoms with Crippen molar-refractivity contribution in [3.63, 3.8) is 0 Å². The molecule has 1 rings (SSSR count). The van der Waals surface area contributed by atoms with E-state index in [1.165, 1.54) is 0 Å². The first-order chi connectivity index (χ1) is 7.13. The second-order valence-corrected chi connectivity index (χ2v) is 3.29. The fraction of sp³-hybridized carbons (Fsp3) is 0.364. The topological polar surface area (TPSA) is 38.4 Å². The monoisotopic (exact) mass is 212 g/mol. The predicted molar refractivity (Wildman–Crippen MR) is 56.6 cm³/mol. The van der Waals surface area contributed by atoms with Crippen LogP contribution in [0.15, 0.2) is 23.2 Å². The normalized spacial score (nSPS) is 11.8. The summed E-state index contributed by atoms with van der Waals surface area (Å²) in [6, 6.07) is 3.31. The van der Waals surface area contributed by atoms with Crippen LogP contribution < -0.4 is 5.73 Å². The fourth-order valence-corrected chi connectivity index (χ4v) is 1.19. The lowest BCUT2D eigenvalue weighted by atomic mass is 10.2. The first kappa shape index (κ1) is 11.6.